The number of nitrogens with zero attached hydrogens (tertiary/aromatic N) is 1. The predicted octanol–water partition coefficient (Wildman–Crippen LogP) is 3.68. The van der Waals surface area contributed by atoms with Gasteiger partial charge in [-0.25, -0.2) is 4.98 Å². The number of benzene rings is 1. The monoisotopic (exact) mass is 216 g/mol. The fraction of sp³-hybridized carbons (Fsp3) is 0.0833. The molecule has 0 aliphatic heterocycles. The number of hydrogen-bond acceptors (Lipinski definition) is 1. The van der Waals surface area contributed by atoms with Crippen LogP contribution >= 0.6 is 11.6 Å². The van der Waals surface area contributed by atoms with Gasteiger partial charge >= 0.3 is 0 Å². The van der Waals surface area contributed by atoms with Crippen molar-refractivity contribution in [1.82, 2.24) is 9.97 Å². The molecule has 3 rings (SSSR count). The van der Waals surface area contributed by atoms with Gasteiger partial charge in [0.25, 0.3) is 0 Å². The van der Waals surface area contributed by atoms with Crippen molar-refractivity contribution in [3.63, 3.8) is 0 Å². The van der Waals surface area contributed by atoms with E-state index in [1.165, 1.54) is 0 Å². The van der Waals surface area contributed by atoms with Gasteiger partial charge in [-0.05, 0) is 18.6 Å². The molecule has 15 heavy (non-hydrogen) atoms. The highest BCUT2D eigenvalue weighted by Crippen LogP contribution is 2.31. The highest BCUT2D eigenvalue weighted by molar-refractivity contribution is 6.36. The molecule has 0 radical (unpaired) electrons. The second-order valence-electron chi connectivity index (χ2n) is 3.65. The summed E-state index contributed by atoms with van der Waals surface area (Å²) in [5.41, 5.74) is 3.30. The van der Waals surface area contributed by atoms with E-state index in [0.29, 0.717) is 5.15 Å². The van der Waals surface area contributed by atoms with Crippen molar-refractivity contribution in [1.29, 1.82) is 0 Å². The first-order valence-corrected chi connectivity index (χ1v) is 5.16. The zero-order valence-corrected chi connectivity index (χ0v) is 8.97. The Labute approximate surface area is 91.9 Å². The van der Waals surface area contributed by atoms with Crippen LogP contribution in [0.5, 0.6) is 0 Å². The molecule has 3 aromatic rings. The fourth-order valence-corrected chi connectivity index (χ4v) is 2.18. The van der Waals surface area contributed by atoms with Crippen LogP contribution in [0.15, 0.2) is 30.5 Å². The second kappa shape index (κ2) is 2.97. The Morgan fingerprint density at radius 1 is 1.27 bits per heavy atom. The molecule has 0 unspecified atom stereocenters. The van der Waals surface area contributed by atoms with Crippen LogP contribution in [0.4, 0.5) is 0 Å². The maximum absolute atomic E-state index is 6.12. The maximum atomic E-state index is 6.12. The van der Waals surface area contributed by atoms with E-state index in [-0.39, 0.29) is 0 Å². The van der Waals surface area contributed by atoms with Crippen molar-refractivity contribution in [2.75, 3.05) is 0 Å². The van der Waals surface area contributed by atoms with Crippen LogP contribution in [0.25, 0.3) is 21.8 Å². The Morgan fingerprint density at radius 2 is 2.07 bits per heavy atom. The maximum Gasteiger partial charge on any atom is 0.139 e. The number of para-hydroxylation sites is 1. The van der Waals surface area contributed by atoms with Gasteiger partial charge in [-0.3, -0.25) is 0 Å². The van der Waals surface area contributed by atoms with Crippen LogP contribution in [-0.2, 0) is 0 Å². The van der Waals surface area contributed by atoms with Crippen LogP contribution in [0.3, 0.4) is 0 Å². The lowest BCUT2D eigenvalue weighted by Gasteiger charge is -1.96. The molecule has 0 spiro atoms. The highest BCUT2D eigenvalue weighted by Gasteiger charge is 2.09. The topological polar surface area (TPSA) is 28.7 Å². The number of fused-ring (bicyclic) bond motifs is 3. The van der Waals surface area contributed by atoms with Crippen LogP contribution in [0.1, 0.15) is 5.56 Å². The van der Waals surface area contributed by atoms with Crippen molar-refractivity contribution >= 4 is 33.4 Å². The van der Waals surface area contributed by atoms with E-state index in [1.807, 2.05) is 25.1 Å². The quantitative estimate of drug-likeness (QED) is 0.571. The number of hydrogen-bond donors (Lipinski definition) is 1. The van der Waals surface area contributed by atoms with Gasteiger partial charge in [0.1, 0.15) is 5.15 Å². The van der Waals surface area contributed by atoms with Crippen LogP contribution < -0.4 is 0 Å². The van der Waals surface area contributed by atoms with Gasteiger partial charge in [0.05, 0.1) is 5.52 Å². The summed E-state index contributed by atoms with van der Waals surface area (Å²) in [6.07, 6.45) is 1.79. The van der Waals surface area contributed by atoms with Crippen LogP contribution in [0.2, 0.25) is 5.15 Å². The van der Waals surface area contributed by atoms with Gasteiger partial charge in [-0.1, -0.05) is 29.8 Å². The van der Waals surface area contributed by atoms with E-state index in [9.17, 15) is 0 Å². The molecule has 2 aromatic heterocycles. The number of rotatable bonds is 0. The molecule has 0 fully saturated rings. The zero-order chi connectivity index (χ0) is 10.4. The zero-order valence-electron chi connectivity index (χ0n) is 8.21. The largest absolute Gasteiger partial charge is 0.354 e. The predicted molar refractivity (Wildman–Crippen MR) is 63.3 cm³/mol. The summed E-state index contributed by atoms with van der Waals surface area (Å²) in [5, 5.41) is 2.72. The molecule has 0 atom stereocenters. The van der Waals surface area contributed by atoms with E-state index >= 15 is 0 Å². The smallest absolute Gasteiger partial charge is 0.139 e. The molecule has 0 bridgehead atoms. The fourth-order valence-electron chi connectivity index (χ4n) is 1.93. The number of aromatic amines is 1. The van der Waals surface area contributed by atoms with E-state index in [0.717, 1.165) is 27.4 Å². The molecule has 1 N–H and O–H groups in total. The molecule has 1 aromatic carbocycles. The van der Waals surface area contributed by atoms with Gasteiger partial charge in [-0.15, -0.1) is 0 Å². The average molecular weight is 217 g/mol. The Bertz CT molecular complexity index is 655. The van der Waals surface area contributed by atoms with Crippen molar-refractivity contribution in [3.05, 3.63) is 41.2 Å². The molecule has 0 saturated carbocycles. The Hall–Kier alpha value is -1.54. The van der Waals surface area contributed by atoms with Crippen molar-refractivity contribution < 1.29 is 0 Å². The first-order chi connectivity index (χ1) is 7.27. The number of aromatic nitrogens is 2. The minimum atomic E-state index is 0.563. The number of aryl methyl sites for hydroxylation is 1. The van der Waals surface area contributed by atoms with Crippen LogP contribution in [0, 0.1) is 6.92 Å². The van der Waals surface area contributed by atoms with Crippen molar-refractivity contribution in [3.8, 4) is 0 Å². The van der Waals surface area contributed by atoms with Crippen LogP contribution in [-0.4, -0.2) is 9.97 Å². The summed E-state index contributed by atoms with van der Waals surface area (Å²) in [5.74, 6) is 0. The average Bonchev–Trinajstić information content (AvgIpc) is 2.64. The summed E-state index contributed by atoms with van der Waals surface area (Å²) >= 11 is 6.12. The minimum Gasteiger partial charge on any atom is -0.354 e. The Kier molecular flexibility index (Phi) is 1.73. The van der Waals surface area contributed by atoms with Gasteiger partial charge in [0.15, 0.2) is 0 Å². The number of pyridine rings is 1. The molecular weight excluding hydrogens is 208 g/mol. The molecule has 3 heteroatoms. The lowest BCUT2D eigenvalue weighted by molar-refractivity contribution is 1.30. The molecular formula is C12H9ClN2. The minimum absolute atomic E-state index is 0.563. The molecule has 2 nitrogen and oxygen atoms in total. The standard InChI is InChI=1S/C12H9ClN2/c1-7-6-14-12(13)10-8-4-2-3-5-9(8)15-11(7)10/h2-6,15H,1H3. The lowest BCUT2D eigenvalue weighted by atomic mass is 10.1. The summed E-state index contributed by atoms with van der Waals surface area (Å²) in [7, 11) is 0. The van der Waals surface area contributed by atoms with E-state index in [2.05, 4.69) is 16.0 Å². The molecule has 0 aliphatic carbocycles. The first-order valence-electron chi connectivity index (χ1n) is 4.79. The van der Waals surface area contributed by atoms with Crippen molar-refractivity contribution in [2.24, 2.45) is 0 Å². The van der Waals surface area contributed by atoms with Crippen molar-refractivity contribution in [2.45, 2.75) is 6.92 Å². The summed E-state index contributed by atoms with van der Waals surface area (Å²) in [4.78, 5) is 7.54. The van der Waals surface area contributed by atoms with E-state index in [4.69, 9.17) is 11.6 Å². The van der Waals surface area contributed by atoms with Gasteiger partial charge in [0, 0.05) is 22.5 Å². The summed E-state index contributed by atoms with van der Waals surface area (Å²) in [6.45, 7) is 2.03. The highest BCUT2D eigenvalue weighted by atomic mass is 35.5. The summed E-state index contributed by atoms with van der Waals surface area (Å²) < 4.78 is 0. The second-order valence-corrected chi connectivity index (χ2v) is 4.01. The van der Waals surface area contributed by atoms with Gasteiger partial charge in [-0.2, -0.15) is 0 Å². The SMILES string of the molecule is Cc1cnc(Cl)c2c1[nH]c1ccccc12. The van der Waals surface area contributed by atoms with E-state index < -0.39 is 0 Å². The number of H-pyrrole nitrogens is 1. The van der Waals surface area contributed by atoms with Gasteiger partial charge < -0.3 is 4.98 Å². The Morgan fingerprint density at radius 3 is 2.93 bits per heavy atom. The molecule has 74 valence electrons. The number of halogens is 1. The Balaban J connectivity index is 2.66. The third-order valence-electron chi connectivity index (χ3n) is 2.68. The van der Waals surface area contributed by atoms with E-state index in [1.54, 1.807) is 6.20 Å². The normalized spacial score (nSPS) is 11.3. The van der Waals surface area contributed by atoms with Gasteiger partial charge in [0.2, 0.25) is 0 Å². The third kappa shape index (κ3) is 1.15. The first kappa shape index (κ1) is 8.74. The molecule has 0 saturated heterocycles. The molecule has 2 heterocycles. The molecule has 0 aliphatic rings. The number of nitrogens with one attached hydrogen (secondary N) is 1. The lowest BCUT2D eigenvalue weighted by Crippen LogP contribution is -1.81. The molecule has 0 amide bonds. The third-order valence-corrected chi connectivity index (χ3v) is 2.96. The summed E-state index contributed by atoms with van der Waals surface area (Å²) in [6, 6.07) is 8.12.